The maximum absolute atomic E-state index is 11.8. The Morgan fingerprint density at radius 3 is 2.59 bits per heavy atom. The van der Waals surface area contributed by atoms with Crippen molar-refractivity contribution in [2.45, 2.75) is 19.6 Å². The first-order valence-electron chi connectivity index (χ1n) is 6.32. The fourth-order valence-corrected chi connectivity index (χ4v) is 2.13. The predicted molar refractivity (Wildman–Crippen MR) is 77.0 cm³/mol. The van der Waals surface area contributed by atoms with Crippen LogP contribution in [0.2, 0.25) is 5.02 Å². The van der Waals surface area contributed by atoms with E-state index in [4.69, 9.17) is 25.5 Å². The van der Waals surface area contributed by atoms with Crippen LogP contribution in [0.5, 0.6) is 0 Å². The molecule has 1 aliphatic rings. The van der Waals surface area contributed by atoms with Crippen molar-refractivity contribution >= 4 is 40.3 Å². The number of esters is 2. The van der Waals surface area contributed by atoms with Crippen molar-refractivity contribution in [3.05, 3.63) is 35.3 Å². The highest BCUT2D eigenvalue weighted by molar-refractivity contribution is 6.34. The van der Waals surface area contributed by atoms with Gasteiger partial charge < -0.3 is 19.2 Å². The molecule has 1 aromatic carbocycles. The number of carbonyl (C=O) groups is 2. The maximum Gasteiger partial charge on any atom is 0.350 e. The Morgan fingerprint density at radius 2 is 1.91 bits per heavy atom. The monoisotopic (exact) mass is 322 g/mol. The molecule has 3 rings (SSSR count). The molecule has 0 amide bonds. The minimum Gasteiger partial charge on any atom is -0.443 e. The summed E-state index contributed by atoms with van der Waals surface area (Å²) < 4.78 is 15.1. The number of aromatic nitrogens is 1. The Kier molecular flexibility index (Phi) is 3.29. The maximum atomic E-state index is 11.8. The van der Waals surface area contributed by atoms with Gasteiger partial charge in [-0.3, -0.25) is 0 Å². The normalized spacial score (nSPS) is 17.1. The van der Waals surface area contributed by atoms with E-state index in [2.05, 4.69) is 10.3 Å². The average molecular weight is 323 g/mol. The molecule has 0 unspecified atom stereocenters. The van der Waals surface area contributed by atoms with Crippen molar-refractivity contribution in [2.75, 3.05) is 5.32 Å². The molecule has 0 saturated carbocycles. The Hall–Kier alpha value is -2.54. The third kappa shape index (κ3) is 2.62. The molecule has 0 atom stereocenters. The van der Waals surface area contributed by atoms with Crippen molar-refractivity contribution in [1.82, 2.24) is 4.98 Å². The number of benzene rings is 1. The molecule has 1 aromatic heterocycles. The third-order valence-electron chi connectivity index (χ3n) is 2.91. The van der Waals surface area contributed by atoms with Crippen LogP contribution in [-0.4, -0.2) is 22.7 Å². The van der Waals surface area contributed by atoms with Crippen molar-refractivity contribution in [3.63, 3.8) is 0 Å². The van der Waals surface area contributed by atoms with Crippen LogP contribution in [0, 0.1) is 0 Å². The lowest BCUT2D eigenvalue weighted by atomic mass is 10.2. The Balaban J connectivity index is 1.87. The van der Waals surface area contributed by atoms with Gasteiger partial charge >= 0.3 is 11.9 Å². The van der Waals surface area contributed by atoms with Gasteiger partial charge in [-0.25, -0.2) is 14.6 Å². The number of rotatable bonds is 2. The molecule has 2 heterocycles. The van der Waals surface area contributed by atoms with Gasteiger partial charge in [0.25, 0.3) is 5.79 Å². The zero-order chi connectivity index (χ0) is 15.9. The fourth-order valence-electron chi connectivity index (χ4n) is 1.92. The van der Waals surface area contributed by atoms with E-state index in [0.717, 1.165) is 0 Å². The van der Waals surface area contributed by atoms with Crippen LogP contribution in [0.25, 0.3) is 11.1 Å². The van der Waals surface area contributed by atoms with Crippen LogP contribution in [0.4, 0.5) is 5.69 Å². The third-order valence-corrected chi connectivity index (χ3v) is 3.22. The predicted octanol–water partition coefficient (Wildman–Crippen LogP) is 2.61. The summed E-state index contributed by atoms with van der Waals surface area (Å²) in [5, 5.41) is 3.13. The highest BCUT2D eigenvalue weighted by Gasteiger charge is 2.38. The fraction of sp³-hybridized carbons (Fsp3) is 0.214. The summed E-state index contributed by atoms with van der Waals surface area (Å²) in [6.45, 7) is 2.95. The minimum atomic E-state index is -1.28. The first-order valence-corrected chi connectivity index (χ1v) is 6.70. The van der Waals surface area contributed by atoms with Crippen LogP contribution in [0.15, 0.2) is 34.7 Å². The van der Waals surface area contributed by atoms with Crippen LogP contribution >= 0.6 is 11.6 Å². The second kappa shape index (κ2) is 5.03. The molecule has 22 heavy (non-hydrogen) atoms. The lowest BCUT2D eigenvalue weighted by molar-refractivity contribution is -0.222. The van der Waals surface area contributed by atoms with Gasteiger partial charge in [0.1, 0.15) is 5.52 Å². The smallest absolute Gasteiger partial charge is 0.350 e. The lowest BCUT2D eigenvalue weighted by Crippen LogP contribution is -2.42. The molecular weight excluding hydrogens is 312 g/mol. The van der Waals surface area contributed by atoms with Gasteiger partial charge in [0.15, 0.2) is 17.5 Å². The number of oxazole rings is 1. The van der Waals surface area contributed by atoms with Gasteiger partial charge in [-0.1, -0.05) is 11.6 Å². The minimum absolute atomic E-state index is 0.256. The first-order chi connectivity index (χ1) is 10.4. The molecule has 114 valence electrons. The number of hydrogen-bond donors (Lipinski definition) is 1. The highest BCUT2D eigenvalue weighted by Crippen LogP contribution is 2.28. The number of halogens is 1. The molecular formula is C14H11ClN2O5. The summed E-state index contributed by atoms with van der Waals surface area (Å²) >= 11 is 6.09. The molecule has 0 radical (unpaired) electrons. The molecule has 7 nitrogen and oxygen atoms in total. The van der Waals surface area contributed by atoms with E-state index >= 15 is 0 Å². The van der Waals surface area contributed by atoms with Gasteiger partial charge in [-0.15, -0.1) is 0 Å². The topological polar surface area (TPSA) is 90.7 Å². The van der Waals surface area contributed by atoms with Gasteiger partial charge in [0.2, 0.25) is 0 Å². The van der Waals surface area contributed by atoms with Crippen molar-refractivity contribution < 1.29 is 23.5 Å². The quantitative estimate of drug-likeness (QED) is 0.516. The van der Waals surface area contributed by atoms with Gasteiger partial charge in [-0.05, 0) is 6.07 Å². The summed E-state index contributed by atoms with van der Waals surface area (Å²) in [5.41, 5.74) is 1.30. The largest absolute Gasteiger partial charge is 0.443 e. The SMILES string of the molecule is CC1(C)OC(=O)C(=CNc2cc3ocnc3cc2Cl)C(=O)O1. The zero-order valence-corrected chi connectivity index (χ0v) is 12.4. The van der Waals surface area contributed by atoms with E-state index in [0.29, 0.717) is 21.8 Å². The molecule has 1 saturated heterocycles. The van der Waals surface area contributed by atoms with Crippen LogP contribution < -0.4 is 5.32 Å². The first kappa shape index (κ1) is 14.4. The summed E-state index contributed by atoms with van der Waals surface area (Å²) in [7, 11) is 0. The van der Waals surface area contributed by atoms with Crippen molar-refractivity contribution in [1.29, 1.82) is 0 Å². The van der Waals surface area contributed by atoms with Gasteiger partial charge in [-0.2, -0.15) is 0 Å². The number of cyclic esters (lactones) is 2. The Labute approximate surface area is 129 Å². The molecule has 0 bridgehead atoms. The van der Waals surface area contributed by atoms with Crippen LogP contribution in [-0.2, 0) is 19.1 Å². The van der Waals surface area contributed by atoms with Crippen molar-refractivity contribution in [3.8, 4) is 0 Å². The molecule has 2 aromatic rings. The molecule has 0 spiro atoms. The summed E-state index contributed by atoms with van der Waals surface area (Å²) in [4.78, 5) is 27.6. The second-order valence-corrected chi connectivity index (χ2v) is 5.44. The number of carbonyl (C=O) groups excluding carboxylic acids is 2. The van der Waals surface area contributed by atoms with Crippen LogP contribution in [0.1, 0.15) is 13.8 Å². The van der Waals surface area contributed by atoms with Crippen LogP contribution in [0.3, 0.4) is 0 Å². The highest BCUT2D eigenvalue weighted by atomic mass is 35.5. The number of nitrogens with one attached hydrogen (secondary N) is 1. The second-order valence-electron chi connectivity index (χ2n) is 5.03. The standard InChI is InChI=1S/C14H11ClN2O5/c1-14(2)21-12(18)7(13(19)22-14)5-16-9-4-11-10(3-8(9)15)17-6-20-11/h3-6,16H,1-2H3. The molecule has 8 heteroatoms. The number of fused-ring (bicyclic) bond motifs is 1. The molecule has 1 aliphatic heterocycles. The molecule has 0 aliphatic carbocycles. The van der Waals surface area contributed by atoms with E-state index in [1.165, 1.54) is 26.4 Å². The zero-order valence-electron chi connectivity index (χ0n) is 11.7. The van der Waals surface area contributed by atoms with Gasteiger partial charge in [0.05, 0.1) is 10.7 Å². The van der Waals surface area contributed by atoms with E-state index in [1.807, 2.05) is 0 Å². The molecule has 1 N–H and O–H groups in total. The number of hydrogen-bond acceptors (Lipinski definition) is 7. The van der Waals surface area contributed by atoms with Gasteiger partial charge in [0, 0.05) is 26.1 Å². The summed E-state index contributed by atoms with van der Waals surface area (Å²) in [5.74, 6) is -2.82. The summed E-state index contributed by atoms with van der Waals surface area (Å²) in [6, 6.07) is 3.20. The Bertz CT molecular complexity index is 787. The number of nitrogens with zero attached hydrogens (tertiary/aromatic N) is 1. The van der Waals surface area contributed by atoms with Crippen molar-refractivity contribution in [2.24, 2.45) is 0 Å². The summed E-state index contributed by atoms with van der Waals surface area (Å²) in [6.07, 6.45) is 2.48. The number of anilines is 1. The average Bonchev–Trinajstić information content (AvgIpc) is 2.83. The van der Waals surface area contributed by atoms with E-state index in [9.17, 15) is 9.59 Å². The Morgan fingerprint density at radius 1 is 1.23 bits per heavy atom. The molecule has 1 fully saturated rings. The lowest BCUT2D eigenvalue weighted by Gasteiger charge is -2.29. The number of ether oxygens (including phenoxy) is 2. The van der Waals surface area contributed by atoms with E-state index in [-0.39, 0.29) is 5.57 Å². The van der Waals surface area contributed by atoms with E-state index < -0.39 is 17.7 Å². The van der Waals surface area contributed by atoms with E-state index in [1.54, 1.807) is 12.1 Å².